The third-order valence-corrected chi connectivity index (χ3v) is 3.38. The minimum atomic E-state index is -0.346. The topological polar surface area (TPSA) is 40.5 Å². The van der Waals surface area contributed by atoms with Gasteiger partial charge in [0.05, 0.1) is 6.10 Å². The molecule has 0 saturated heterocycles. The molecular formula is C14H19NO2. The number of aryl methyl sites for hydroxylation is 1. The van der Waals surface area contributed by atoms with Crippen LogP contribution < -0.4 is 0 Å². The third kappa shape index (κ3) is 2.50. The first kappa shape index (κ1) is 12.1. The lowest BCUT2D eigenvalue weighted by molar-refractivity contribution is 0.0708. The van der Waals surface area contributed by atoms with Gasteiger partial charge in [-0.2, -0.15) is 0 Å². The van der Waals surface area contributed by atoms with E-state index in [1.165, 1.54) is 11.1 Å². The van der Waals surface area contributed by atoms with Crippen LogP contribution in [0.2, 0.25) is 0 Å². The summed E-state index contributed by atoms with van der Waals surface area (Å²) in [6.07, 6.45) is 1.22. The van der Waals surface area contributed by atoms with Gasteiger partial charge in [0.1, 0.15) is 0 Å². The molecule has 1 unspecified atom stereocenters. The van der Waals surface area contributed by atoms with Crippen LogP contribution in [0.15, 0.2) is 18.2 Å². The van der Waals surface area contributed by atoms with Crippen LogP contribution in [0.5, 0.6) is 0 Å². The largest absolute Gasteiger partial charge is 0.393 e. The Balaban J connectivity index is 2.16. The minimum absolute atomic E-state index is 0.107. The quantitative estimate of drug-likeness (QED) is 0.864. The predicted octanol–water partition coefficient (Wildman–Crippen LogP) is 1.76. The normalized spacial score (nSPS) is 16.9. The molecule has 0 spiro atoms. The van der Waals surface area contributed by atoms with Crippen molar-refractivity contribution in [2.24, 2.45) is 0 Å². The number of hydrogen-bond donors (Lipinski definition) is 1. The zero-order chi connectivity index (χ0) is 12.4. The number of carbonyl (C=O) groups is 1. The molecule has 92 valence electrons. The van der Waals surface area contributed by atoms with E-state index < -0.39 is 0 Å². The Bertz CT molecular complexity index is 426. The number of aliphatic hydroxyl groups excluding tert-OH is 1. The van der Waals surface area contributed by atoms with Gasteiger partial charge in [0.15, 0.2) is 0 Å². The lowest BCUT2D eigenvalue weighted by Gasteiger charge is -2.29. The van der Waals surface area contributed by atoms with E-state index in [1.807, 2.05) is 17.0 Å². The van der Waals surface area contributed by atoms with Crippen molar-refractivity contribution in [2.45, 2.75) is 32.8 Å². The van der Waals surface area contributed by atoms with E-state index >= 15 is 0 Å². The van der Waals surface area contributed by atoms with E-state index in [4.69, 9.17) is 0 Å². The van der Waals surface area contributed by atoms with Gasteiger partial charge in [-0.3, -0.25) is 4.79 Å². The van der Waals surface area contributed by atoms with E-state index in [0.717, 1.165) is 18.5 Å². The van der Waals surface area contributed by atoms with E-state index in [2.05, 4.69) is 13.0 Å². The summed E-state index contributed by atoms with van der Waals surface area (Å²) in [4.78, 5) is 14.1. The van der Waals surface area contributed by atoms with Crippen molar-refractivity contribution in [3.8, 4) is 0 Å². The number of rotatable bonds is 3. The molecule has 0 radical (unpaired) electrons. The van der Waals surface area contributed by atoms with Crippen LogP contribution in [-0.4, -0.2) is 35.1 Å². The van der Waals surface area contributed by atoms with Gasteiger partial charge in [-0.05, 0) is 43.9 Å². The maximum absolute atomic E-state index is 12.2. The summed E-state index contributed by atoms with van der Waals surface area (Å²) >= 11 is 0. The maximum atomic E-state index is 12.2. The molecule has 1 heterocycles. The molecule has 3 nitrogen and oxygen atoms in total. The SMILES string of the molecule is Cc1cccc2c1CCN(CCC(C)O)C2=O. The third-order valence-electron chi connectivity index (χ3n) is 3.38. The molecule has 0 aliphatic carbocycles. The Hall–Kier alpha value is -1.35. The molecule has 0 saturated carbocycles. The first-order valence-electron chi connectivity index (χ1n) is 6.15. The minimum Gasteiger partial charge on any atom is -0.393 e. The van der Waals surface area contributed by atoms with Crippen LogP contribution in [0.3, 0.4) is 0 Å². The highest BCUT2D eigenvalue weighted by Crippen LogP contribution is 2.22. The van der Waals surface area contributed by atoms with E-state index in [-0.39, 0.29) is 12.0 Å². The molecule has 1 N–H and O–H groups in total. The maximum Gasteiger partial charge on any atom is 0.254 e. The van der Waals surface area contributed by atoms with Crippen LogP contribution in [0.1, 0.15) is 34.8 Å². The number of hydrogen-bond acceptors (Lipinski definition) is 2. The number of carbonyl (C=O) groups excluding carboxylic acids is 1. The zero-order valence-electron chi connectivity index (χ0n) is 10.4. The van der Waals surface area contributed by atoms with E-state index in [0.29, 0.717) is 13.0 Å². The fraction of sp³-hybridized carbons (Fsp3) is 0.500. The molecule has 1 aliphatic rings. The second kappa shape index (κ2) is 4.88. The zero-order valence-corrected chi connectivity index (χ0v) is 10.4. The number of aliphatic hydroxyl groups is 1. The van der Waals surface area contributed by atoms with Crippen molar-refractivity contribution in [3.05, 3.63) is 34.9 Å². The Labute approximate surface area is 102 Å². The van der Waals surface area contributed by atoms with Crippen molar-refractivity contribution in [1.29, 1.82) is 0 Å². The summed E-state index contributed by atoms with van der Waals surface area (Å²) in [6.45, 7) is 5.22. The average Bonchev–Trinajstić information content (AvgIpc) is 2.29. The number of amides is 1. The molecule has 17 heavy (non-hydrogen) atoms. The molecule has 1 amide bonds. The first-order chi connectivity index (χ1) is 8.09. The van der Waals surface area contributed by atoms with E-state index in [1.54, 1.807) is 6.92 Å². The Morgan fingerprint density at radius 3 is 2.94 bits per heavy atom. The Morgan fingerprint density at radius 2 is 2.24 bits per heavy atom. The second-order valence-electron chi connectivity index (χ2n) is 4.78. The summed E-state index contributed by atoms with van der Waals surface area (Å²) in [5.41, 5.74) is 3.22. The molecule has 0 aromatic heterocycles. The monoisotopic (exact) mass is 233 g/mol. The predicted molar refractivity (Wildman–Crippen MR) is 67.1 cm³/mol. The van der Waals surface area contributed by atoms with Crippen LogP contribution >= 0.6 is 0 Å². The van der Waals surface area contributed by atoms with Gasteiger partial charge in [0, 0.05) is 18.7 Å². The van der Waals surface area contributed by atoms with Gasteiger partial charge in [0.25, 0.3) is 5.91 Å². The highest BCUT2D eigenvalue weighted by molar-refractivity contribution is 5.97. The smallest absolute Gasteiger partial charge is 0.254 e. The van der Waals surface area contributed by atoms with Crippen LogP contribution in [-0.2, 0) is 6.42 Å². The summed E-state index contributed by atoms with van der Waals surface area (Å²) in [6, 6.07) is 5.89. The fourth-order valence-electron chi connectivity index (χ4n) is 2.31. The summed E-state index contributed by atoms with van der Waals surface area (Å²) in [5, 5.41) is 9.27. The standard InChI is InChI=1S/C14H19NO2/c1-10-4-3-5-13-12(10)7-9-15(14(13)17)8-6-11(2)16/h3-5,11,16H,6-9H2,1-2H3. The molecule has 1 aromatic carbocycles. The summed E-state index contributed by atoms with van der Waals surface area (Å²) in [5.74, 6) is 0.107. The van der Waals surface area contributed by atoms with Crippen molar-refractivity contribution in [3.63, 3.8) is 0 Å². The van der Waals surface area contributed by atoms with Gasteiger partial charge in [-0.1, -0.05) is 12.1 Å². The lowest BCUT2D eigenvalue weighted by atomic mass is 9.94. The molecule has 1 aromatic rings. The van der Waals surface area contributed by atoms with Gasteiger partial charge >= 0.3 is 0 Å². The number of benzene rings is 1. The van der Waals surface area contributed by atoms with Gasteiger partial charge in [0.2, 0.25) is 0 Å². The average molecular weight is 233 g/mol. The molecular weight excluding hydrogens is 214 g/mol. The molecule has 0 fully saturated rings. The fourth-order valence-corrected chi connectivity index (χ4v) is 2.31. The van der Waals surface area contributed by atoms with Gasteiger partial charge < -0.3 is 10.0 Å². The number of fused-ring (bicyclic) bond motifs is 1. The van der Waals surface area contributed by atoms with Gasteiger partial charge in [-0.25, -0.2) is 0 Å². The Kier molecular flexibility index (Phi) is 3.48. The van der Waals surface area contributed by atoms with Gasteiger partial charge in [-0.15, -0.1) is 0 Å². The molecule has 2 rings (SSSR count). The molecule has 1 aliphatic heterocycles. The van der Waals surface area contributed by atoms with Crippen LogP contribution in [0, 0.1) is 6.92 Å². The lowest BCUT2D eigenvalue weighted by Crippen LogP contribution is -2.39. The summed E-state index contributed by atoms with van der Waals surface area (Å²) in [7, 11) is 0. The molecule has 3 heteroatoms. The van der Waals surface area contributed by atoms with Crippen LogP contribution in [0.4, 0.5) is 0 Å². The molecule has 0 bridgehead atoms. The first-order valence-corrected chi connectivity index (χ1v) is 6.15. The Morgan fingerprint density at radius 1 is 1.47 bits per heavy atom. The number of nitrogens with zero attached hydrogens (tertiary/aromatic N) is 1. The van der Waals surface area contributed by atoms with E-state index in [9.17, 15) is 9.90 Å². The van der Waals surface area contributed by atoms with Crippen LogP contribution in [0.25, 0.3) is 0 Å². The van der Waals surface area contributed by atoms with Crippen molar-refractivity contribution < 1.29 is 9.90 Å². The molecule has 1 atom stereocenters. The second-order valence-corrected chi connectivity index (χ2v) is 4.78. The van der Waals surface area contributed by atoms with Crippen molar-refractivity contribution in [2.75, 3.05) is 13.1 Å². The van der Waals surface area contributed by atoms with Crippen molar-refractivity contribution >= 4 is 5.91 Å². The highest BCUT2D eigenvalue weighted by Gasteiger charge is 2.24. The highest BCUT2D eigenvalue weighted by atomic mass is 16.3. The summed E-state index contributed by atoms with van der Waals surface area (Å²) < 4.78 is 0. The van der Waals surface area contributed by atoms with Crippen molar-refractivity contribution in [1.82, 2.24) is 4.90 Å².